The summed E-state index contributed by atoms with van der Waals surface area (Å²) in [5.74, 6) is -1.22. The summed E-state index contributed by atoms with van der Waals surface area (Å²) in [4.78, 5) is 14.1. The molecule has 1 saturated carbocycles. The van der Waals surface area contributed by atoms with Crippen LogP contribution in [0.2, 0.25) is 0 Å². The van der Waals surface area contributed by atoms with Gasteiger partial charge in [0.25, 0.3) is 0 Å². The molecule has 2 fully saturated rings. The molecule has 3 rings (SSSR count). The number of amides is 1. The summed E-state index contributed by atoms with van der Waals surface area (Å²) in [6, 6.07) is 3.60. The van der Waals surface area contributed by atoms with Crippen molar-refractivity contribution in [2.75, 3.05) is 26.2 Å². The number of halogens is 2. The maximum Gasteiger partial charge on any atom is 0.226 e. The van der Waals surface area contributed by atoms with Crippen molar-refractivity contribution in [3.63, 3.8) is 0 Å². The topological polar surface area (TPSA) is 32.3 Å². The SMILES string of the molecule is O=C(C1CC1c1ccc(F)cc1F)N1CCNCC1. The third-order valence-corrected chi connectivity index (χ3v) is 3.90. The van der Waals surface area contributed by atoms with Gasteiger partial charge in [0.1, 0.15) is 11.6 Å². The molecule has 1 aliphatic heterocycles. The van der Waals surface area contributed by atoms with Crippen molar-refractivity contribution >= 4 is 5.91 Å². The number of hydrogen-bond acceptors (Lipinski definition) is 2. The second-order valence-electron chi connectivity index (χ2n) is 5.19. The molecule has 1 aromatic carbocycles. The van der Waals surface area contributed by atoms with E-state index in [1.54, 1.807) is 0 Å². The number of benzene rings is 1. The minimum absolute atomic E-state index is 0.0806. The van der Waals surface area contributed by atoms with E-state index in [1.165, 1.54) is 12.1 Å². The van der Waals surface area contributed by atoms with Gasteiger partial charge in [-0.3, -0.25) is 4.79 Å². The summed E-state index contributed by atoms with van der Waals surface area (Å²) >= 11 is 0. The Hall–Kier alpha value is -1.49. The zero-order chi connectivity index (χ0) is 13.4. The largest absolute Gasteiger partial charge is 0.340 e. The molecular formula is C14H16F2N2O. The van der Waals surface area contributed by atoms with Gasteiger partial charge in [-0.05, 0) is 24.0 Å². The third-order valence-electron chi connectivity index (χ3n) is 3.90. The Morgan fingerprint density at radius 1 is 1.26 bits per heavy atom. The standard InChI is InChI=1S/C14H16F2N2O/c15-9-1-2-10(13(16)7-9)11-8-12(11)14(19)18-5-3-17-4-6-18/h1-2,7,11-12,17H,3-6,8H2. The summed E-state index contributed by atoms with van der Waals surface area (Å²) < 4.78 is 26.5. The Bertz CT molecular complexity index is 500. The first kappa shape index (κ1) is 12.5. The van der Waals surface area contributed by atoms with Gasteiger partial charge in [-0.15, -0.1) is 0 Å². The Morgan fingerprint density at radius 3 is 2.68 bits per heavy atom. The summed E-state index contributed by atoms with van der Waals surface area (Å²) in [5.41, 5.74) is 0.467. The summed E-state index contributed by atoms with van der Waals surface area (Å²) in [6.07, 6.45) is 0.672. The van der Waals surface area contributed by atoms with Gasteiger partial charge in [0.2, 0.25) is 5.91 Å². The van der Waals surface area contributed by atoms with Crippen molar-refractivity contribution in [2.24, 2.45) is 5.92 Å². The molecule has 0 aromatic heterocycles. The number of rotatable bonds is 2. The zero-order valence-corrected chi connectivity index (χ0v) is 10.5. The van der Waals surface area contributed by atoms with E-state index in [2.05, 4.69) is 5.32 Å². The maximum absolute atomic E-state index is 13.6. The van der Waals surface area contributed by atoms with Crippen molar-refractivity contribution in [3.05, 3.63) is 35.4 Å². The Labute approximate surface area is 110 Å². The molecule has 2 aliphatic rings. The number of hydrogen-bond donors (Lipinski definition) is 1. The van der Waals surface area contributed by atoms with E-state index in [1.807, 2.05) is 4.90 Å². The van der Waals surface area contributed by atoms with E-state index >= 15 is 0 Å². The van der Waals surface area contributed by atoms with E-state index in [0.29, 0.717) is 25.1 Å². The molecule has 1 aromatic rings. The van der Waals surface area contributed by atoms with E-state index in [4.69, 9.17) is 0 Å². The lowest BCUT2D eigenvalue weighted by Gasteiger charge is -2.27. The van der Waals surface area contributed by atoms with Crippen LogP contribution in [0.1, 0.15) is 17.9 Å². The van der Waals surface area contributed by atoms with E-state index in [-0.39, 0.29) is 17.7 Å². The predicted molar refractivity (Wildman–Crippen MR) is 66.7 cm³/mol. The minimum atomic E-state index is -0.577. The molecule has 2 atom stereocenters. The molecule has 102 valence electrons. The van der Waals surface area contributed by atoms with Crippen LogP contribution in [-0.4, -0.2) is 37.0 Å². The highest BCUT2D eigenvalue weighted by Gasteiger charge is 2.46. The van der Waals surface area contributed by atoms with Gasteiger partial charge in [0.05, 0.1) is 0 Å². The Kier molecular flexibility index (Phi) is 3.22. The molecule has 2 unspecified atom stereocenters. The van der Waals surface area contributed by atoms with Crippen LogP contribution in [-0.2, 0) is 4.79 Å². The fourth-order valence-electron chi connectivity index (χ4n) is 2.73. The molecule has 0 spiro atoms. The molecule has 1 heterocycles. The molecule has 5 heteroatoms. The lowest BCUT2D eigenvalue weighted by molar-refractivity contribution is -0.133. The number of piperazine rings is 1. The van der Waals surface area contributed by atoms with E-state index in [0.717, 1.165) is 19.2 Å². The van der Waals surface area contributed by atoms with Crippen LogP contribution in [0.25, 0.3) is 0 Å². The molecule has 1 amide bonds. The van der Waals surface area contributed by atoms with Crippen LogP contribution in [0, 0.1) is 17.6 Å². The fourth-order valence-corrected chi connectivity index (χ4v) is 2.73. The zero-order valence-electron chi connectivity index (χ0n) is 10.5. The highest BCUT2D eigenvalue weighted by atomic mass is 19.1. The monoisotopic (exact) mass is 266 g/mol. The first-order valence-corrected chi connectivity index (χ1v) is 6.61. The minimum Gasteiger partial charge on any atom is -0.340 e. The van der Waals surface area contributed by atoms with Gasteiger partial charge in [0, 0.05) is 38.2 Å². The van der Waals surface area contributed by atoms with Crippen molar-refractivity contribution in [3.8, 4) is 0 Å². The number of nitrogens with one attached hydrogen (secondary N) is 1. The summed E-state index contributed by atoms with van der Waals surface area (Å²) in [5, 5.41) is 3.19. The smallest absolute Gasteiger partial charge is 0.226 e. The number of nitrogens with zero attached hydrogens (tertiary/aromatic N) is 1. The highest BCUT2D eigenvalue weighted by Crippen LogP contribution is 2.49. The molecule has 3 nitrogen and oxygen atoms in total. The predicted octanol–water partition coefficient (Wildman–Crippen LogP) is 1.50. The maximum atomic E-state index is 13.6. The Morgan fingerprint density at radius 2 is 2.00 bits per heavy atom. The quantitative estimate of drug-likeness (QED) is 0.880. The Balaban J connectivity index is 1.68. The lowest BCUT2D eigenvalue weighted by atomic mass is 10.1. The molecule has 1 aliphatic carbocycles. The van der Waals surface area contributed by atoms with E-state index < -0.39 is 11.6 Å². The number of carbonyl (C=O) groups is 1. The summed E-state index contributed by atoms with van der Waals surface area (Å²) in [7, 11) is 0. The average Bonchev–Trinajstić information content (AvgIpc) is 3.19. The molecule has 1 saturated heterocycles. The van der Waals surface area contributed by atoms with Gasteiger partial charge in [-0.1, -0.05) is 6.07 Å². The van der Waals surface area contributed by atoms with Crippen LogP contribution in [0.3, 0.4) is 0 Å². The molecule has 0 bridgehead atoms. The van der Waals surface area contributed by atoms with Crippen LogP contribution in [0.15, 0.2) is 18.2 Å². The highest BCUT2D eigenvalue weighted by molar-refractivity contribution is 5.83. The van der Waals surface area contributed by atoms with Crippen molar-refractivity contribution in [1.29, 1.82) is 0 Å². The van der Waals surface area contributed by atoms with Crippen LogP contribution < -0.4 is 5.32 Å². The van der Waals surface area contributed by atoms with Gasteiger partial charge in [-0.25, -0.2) is 8.78 Å². The third kappa shape index (κ3) is 2.47. The molecule has 1 N–H and O–H groups in total. The molecule has 19 heavy (non-hydrogen) atoms. The van der Waals surface area contributed by atoms with E-state index in [9.17, 15) is 13.6 Å². The van der Waals surface area contributed by atoms with Gasteiger partial charge < -0.3 is 10.2 Å². The first-order chi connectivity index (χ1) is 9.16. The number of carbonyl (C=O) groups excluding carboxylic acids is 1. The lowest BCUT2D eigenvalue weighted by Crippen LogP contribution is -2.47. The van der Waals surface area contributed by atoms with Gasteiger partial charge in [0.15, 0.2) is 0 Å². The second kappa shape index (κ2) is 4.89. The average molecular weight is 266 g/mol. The van der Waals surface area contributed by atoms with Crippen molar-refractivity contribution < 1.29 is 13.6 Å². The molecule has 0 radical (unpaired) electrons. The van der Waals surface area contributed by atoms with Crippen LogP contribution >= 0.6 is 0 Å². The molecular weight excluding hydrogens is 250 g/mol. The van der Waals surface area contributed by atoms with Crippen LogP contribution in [0.4, 0.5) is 8.78 Å². The van der Waals surface area contributed by atoms with Crippen molar-refractivity contribution in [2.45, 2.75) is 12.3 Å². The first-order valence-electron chi connectivity index (χ1n) is 6.61. The fraction of sp³-hybridized carbons (Fsp3) is 0.500. The normalized spacial score (nSPS) is 26.3. The van der Waals surface area contributed by atoms with Crippen LogP contribution in [0.5, 0.6) is 0 Å². The summed E-state index contributed by atoms with van der Waals surface area (Å²) in [6.45, 7) is 3.06. The van der Waals surface area contributed by atoms with Crippen molar-refractivity contribution in [1.82, 2.24) is 10.2 Å². The van der Waals surface area contributed by atoms with Gasteiger partial charge >= 0.3 is 0 Å². The van der Waals surface area contributed by atoms with Gasteiger partial charge in [-0.2, -0.15) is 0 Å². The second-order valence-corrected chi connectivity index (χ2v) is 5.19.